The average Bonchev–Trinajstić information content (AvgIpc) is 2.61. The molecule has 0 aromatic heterocycles. The van der Waals surface area contributed by atoms with Gasteiger partial charge in [-0.05, 0) is 43.3 Å². The summed E-state index contributed by atoms with van der Waals surface area (Å²) in [5.74, 6) is 0. The van der Waals surface area contributed by atoms with Crippen molar-refractivity contribution in [2.45, 2.75) is 105 Å². The molecule has 140 valence electrons. The smallest absolute Gasteiger partial charge is 0.192 e. The third-order valence-corrected chi connectivity index (χ3v) is 25.5. The standard InChI is InChI=1S/C18H46N2Si3/c1-10-19(21(12-3)13-4)23(17-8,18-9)20(11-2)22(14-5,15-6)16-7/h21H,10-18H2,1-9H3. The Hall–Kier alpha value is 0.571. The molecule has 0 aromatic carbocycles. The highest BCUT2D eigenvalue weighted by atomic mass is 28.4. The van der Waals surface area contributed by atoms with Gasteiger partial charge < -0.3 is 8.46 Å². The minimum atomic E-state index is -1.52. The van der Waals surface area contributed by atoms with E-state index in [0.717, 1.165) is 0 Å². The van der Waals surface area contributed by atoms with Crippen LogP contribution in [0.3, 0.4) is 0 Å². The zero-order chi connectivity index (χ0) is 18.1. The zero-order valence-corrected chi connectivity index (χ0v) is 21.0. The van der Waals surface area contributed by atoms with Crippen molar-refractivity contribution in [1.29, 1.82) is 0 Å². The van der Waals surface area contributed by atoms with Crippen LogP contribution >= 0.6 is 0 Å². The molecule has 0 atom stereocenters. The Kier molecular flexibility index (Phi) is 11.5. The molecular formula is C18H46N2Si3. The van der Waals surface area contributed by atoms with Crippen LogP contribution < -0.4 is 0 Å². The summed E-state index contributed by atoms with van der Waals surface area (Å²) in [7, 11) is -3.58. The van der Waals surface area contributed by atoms with Crippen LogP contribution in [0.25, 0.3) is 0 Å². The van der Waals surface area contributed by atoms with Gasteiger partial charge in [0.2, 0.25) is 0 Å². The monoisotopic (exact) mass is 374 g/mol. The maximum Gasteiger partial charge on any atom is 0.192 e. The van der Waals surface area contributed by atoms with E-state index in [-0.39, 0.29) is 0 Å². The van der Waals surface area contributed by atoms with Crippen LogP contribution in [-0.2, 0) is 0 Å². The normalized spacial score (nSPS) is 13.6. The zero-order valence-electron chi connectivity index (χ0n) is 17.8. The molecule has 0 bridgehead atoms. The third-order valence-electron chi connectivity index (χ3n) is 6.76. The van der Waals surface area contributed by atoms with E-state index in [1.807, 2.05) is 0 Å². The van der Waals surface area contributed by atoms with E-state index in [2.05, 4.69) is 70.8 Å². The van der Waals surface area contributed by atoms with Crippen LogP contribution in [0.2, 0.25) is 42.3 Å². The first kappa shape index (κ1) is 23.6. The number of rotatable bonds is 13. The highest BCUT2D eigenvalue weighted by Crippen LogP contribution is 2.36. The van der Waals surface area contributed by atoms with Gasteiger partial charge in [0.05, 0.1) is 0 Å². The minimum Gasteiger partial charge on any atom is -0.336 e. The molecule has 5 heteroatoms. The molecule has 0 aliphatic rings. The Balaban J connectivity index is 6.13. The summed E-state index contributed by atoms with van der Waals surface area (Å²) < 4.78 is 6.36. The molecule has 0 aliphatic carbocycles. The maximum atomic E-state index is 3.20. The van der Waals surface area contributed by atoms with Crippen molar-refractivity contribution in [3.8, 4) is 0 Å². The van der Waals surface area contributed by atoms with Crippen molar-refractivity contribution in [3.63, 3.8) is 0 Å². The molecule has 0 fully saturated rings. The first-order valence-corrected chi connectivity index (χ1v) is 17.5. The second-order valence-electron chi connectivity index (χ2n) is 6.98. The van der Waals surface area contributed by atoms with Crippen molar-refractivity contribution >= 4 is 25.6 Å². The van der Waals surface area contributed by atoms with Crippen molar-refractivity contribution in [2.24, 2.45) is 0 Å². The quantitative estimate of drug-likeness (QED) is 0.371. The number of hydrogen-bond acceptors (Lipinski definition) is 2. The summed E-state index contributed by atoms with van der Waals surface area (Å²) in [4.78, 5) is 0. The molecule has 23 heavy (non-hydrogen) atoms. The number of nitrogens with zero attached hydrogens (tertiary/aromatic N) is 2. The SMILES string of the molecule is CCN([SiH](CC)CC)[Si](CC)(CC)N(CC)[Si](CC)(CC)CC. The molecule has 0 N–H and O–H groups in total. The van der Waals surface area contributed by atoms with E-state index in [4.69, 9.17) is 0 Å². The summed E-state index contributed by atoms with van der Waals surface area (Å²) in [6.07, 6.45) is 0. The van der Waals surface area contributed by atoms with Gasteiger partial charge in [0.25, 0.3) is 0 Å². The van der Waals surface area contributed by atoms with E-state index in [0.29, 0.717) is 0 Å². The topological polar surface area (TPSA) is 6.48 Å². The van der Waals surface area contributed by atoms with Crippen molar-refractivity contribution in [2.75, 3.05) is 13.1 Å². The van der Waals surface area contributed by atoms with Gasteiger partial charge in [-0.1, -0.05) is 74.4 Å². The summed E-state index contributed by atoms with van der Waals surface area (Å²) in [6.45, 7) is 24.9. The number of hydrogen-bond donors (Lipinski definition) is 0. The van der Waals surface area contributed by atoms with Crippen LogP contribution in [0.4, 0.5) is 0 Å². The summed E-state index contributed by atoms with van der Waals surface area (Å²) in [5.41, 5.74) is 0. The molecule has 0 aromatic rings. The maximum absolute atomic E-state index is 3.20. The predicted molar refractivity (Wildman–Crippen MR) is 117 cm³/mol. The molecule has 2 nitrogen and oxygen atoms in total. The molecule has 0 radical (unpaired) electrons. The molecule has 0 saturated carbocycles. The van der Waals surface area contributed by atoms with Crippen LogP contribution in [0.1, 0.15) is 62.3 Å². The van der Waals surface area contributed by atoms with Crippen LogP contribution in [0.5, 0.6) is 0 Å². The average molecular weight is 375 g/mol. The van der Waals surface area contributed by atoms with Gasteiger partial charge >= 0.3 is 0 Å². The van der Waals surface area contributed by atoms with Gasteiger partial charge in [-0.2, -0.15) is 0 Å². The van der Waals surface area contributed by atoms with Crippen LogP contribution in [0, 0.1) is 0 Å². The first-order chi connectivity index (χ1) is 11.0. The van der Waals surface area contributed by atoms with Crippen LogP contribution in [-0.4, -0.2) is 47.1 Å². The van der Waals surface area contributed by atoms with E-state index in [1.54, 1.807) is 0 Å². The summed E-state index contributed by atoms with van der Waals surface area (Å²) in [5, 5.41) is 0. The highest BCUT2D eigenvalue weighted by Gasteiger charge is 2.50. The van der Waals surface area contributed by atoms with Gasteiger partial charge in [0.1, 0.15) is 17.2 Å². The Morgan fingerprint density at radius 2 is 1.04 bits per heavy atom. The van der Waals surface area contributed by atoms with E-state index >= 15 is 0 Å². The second kappa shape index (κ2) is 11.2. The van der Waals surface area contributed by atoms with Gasteiger partial charge in [-0.15, -0.1) is 0 Å². The molecule has 0 rings (SSSR count). The largest absolute Gasteiger partial charge is 0.336 e. The van der Waals surface area contributed by atoms with Gasteiger partial charge in [-0.3, -0.25) is 0 Å². The minimum absolute atomic E-state index is 0.767. The lowest BCUT2D eigenvalue weighted by Gasteiger charge is -2.57. The van der Waals surface area contributed by atoms with Crippen molar-refractivity contribution in [3.05, 3.63) is 0 Å². The van der Waals surface area contributed by atoms with Gasteiger partial charge in [0, 0.05) is 0 Å². The Morgan fingerprint density at radius 3 is 1.26 bits per heavy atom. The van der Waals surface area contributed by atoms with Gasteiger partial charge in [-0.25, -0.2) is 0 Å². The van der Waals surface area contributed by atoms with E-state index in [9.17, 15) is 0 Å². The molecular weight excluding hydrogens is 328 g/mol. The molecule has 0 heterocycles. The van der Waals surface area contributed by atoms with Crippen molar-refractivity contribution < 1.29 is 0 Å². The fraction of sp³-hybridized carbons (Fsp3) is 1.00. The van der Waals surface area contributed by atoms with E-state index < -0.39 is 25.6 Å². The lowest BCUT2D eigenvalue weighted by atomic mass is 10.8. The molecule has 0 spiro atoms. The second-order valence-corrected chi connectivity index (χ2v) is 21.1. The Labute approximate surface area is 152 Å². The lowest BCUT2D eigenvalue weighted by molar-refractivity contribution is 0.507. The summed E-state index contributed by atoms with van der Waals surface area (Å²) in [6, 6.07) is 10.0. The van der Waals surface area contributed by atoms with Crippen molar-refractivity contribution in [1.82, 2.24) is 8.46 Å². The fourth-order valence-electron chi connectivity index (χ4n) is 5.21. The predicted octanol–water partition coefficient (Wildman–Crippen LogP) is 5.88. The Bertz CT molecular complexity index is 292. The summed E-state index contributed by atoms with van der Waals surface area (Å²) >= 11 is 0. The van der Waals surface area contributed by atoms with Crippen LogP contribution in [0.15, 0.2) is 0 Å². The Morgan fingerprint density at radius 1 is 0.609 bits per heavy atom. The molecule has 0 saturated heterocycles. The molecule has 0 amide bonds. The first-order valence-electron chi connectivity index (χ1n) is 10.5. The fourth-order valence-corrected chi connectivity index (χ4v) is 26.0. The van der Waals surface area contributed by atoms with E-state index in [1.165, 1.54) is 55.4 Å². The third kappa shape index (κ3) is 4.60. The lowest BCUT2D eigenvalue weighted by Crippen LogP contribution is -2.75. The molecule has 0 unspecified atom stereocenters. The van der Waals surface area contributed by atoms with Gasteiger partial charge in [0.15, 0.2) is 8.40 Å². The molecule has 0 aliphatic heterocycles. The highest BCUT2D eigenvalue weighted by molar-refractivity contribution is 6.94.